The van der Waals surface area contributed by atoms with Gasteiger partial charge in [0, 0.05) is 6.04 Å². The van der Waals surface area contributed by atoms with Crippen molar-refractivity contribution in [2.45, 2.75) is 39.2 Å². The molecule has 1 aromatic heterocycles. The zero-order valence-corrected chi connectivity index (χ0v) is 11.7. The summed E-state index contributed by atoms with van der Waals surface area (Å²) in [5.41, 5.74) is -0.241. The number of halogens is 1. The van der Waals surface area contributed by atoms with E-state index >= 15 is 0 Å². The topological polar surface area (TPSA) is 81.0 Å². The van der Waals surface area contributed by atoms with Crippen LogP contribution in [0.4, 0.5) is 11.5 Å². The molecule has 19 heavy (non-hydrogen) atoms. The molecule has 2 rings (SSSR count). The smallest absolute Gasteiger partial charge is 0.348 e. The molecule has 3 atom stereocenters. The first kappa shape index (κ1) is 14.0. The van der Waals surface area contributed by atoms with Crippen LogP contribution in [0.1, 0.15) is 33.1 Å². The Bertz CT molecular complexity index is 483. The quantitative estimate of drug-likeness (QED) is 0.523. The molecule has 1 fully saturated rings. The average Bonchev–Trinajstić information content (AvgIpc) is 2.34. The summed E-state index contributed by atoms with van der Waals surface area (Å²) in [5, 5.41) is 14.1. The van der Waals surface area contributed by atoms with E-state index in [1.807, 2.05) is 0 Å². The highest BCUT2D eigenvalue weighted by molar-refractivity contribution is 6.31. The van der Waals surface area contributed by atoms with Gasteiger partial charge in [0.05, 0.1) is 4.92 Å². The van der Waals surface area contributed by atoms with Crippen molar-refractivity contribution in [2.24, 2.45) is 11.8 Å². The zero-order valence-electron chi connectivity index (χ0n) is 11.0. The summed E-state index contributed by atoms with van der Waals surface area (Å²) in [5.74, 6) is 1.26. The van der Waals surface area contributed by atoms with Crippen LogP contribution >= 0.6 is 11.6 Å². The van der Waals surface area contributed by atoms with Crippen molar-refractivity contribution < 1.29 is 4.92 Å². The first-order valence-electron chi connectivity index (χ1n) is 6.42. The number of anilines is 1. The fraction of sp³-hybridized carbons (Fsp3) is 0.667. The summed E-state index contributed by atoms with van der Waals surface area (Å²) in [6, 6.07) is 0.188. The molecule has 0 saturated heterocycles. The largest absolute Gasteiger partial charge is 0.361 e. The van der Waals surface area contributed by atoms with Crippen molar-refractivity contribution in [3.05, 3.63) is 21.6 Å². The molecule has 0 spiro atoms. The molecule has 3 unspecified atom stereocenters. The molecule has 1 aromatic rings. The average molecular weight is 285 g/mol. The van der Waals surface area contributed by atoms with Gasteiger partial charge in [-0.1, -0.05) is 38.3 Å². The lowest BCUT2D eigenvalue weighted by molar-refractivity contribution is -0.384. The highest BCUT2D eigenvalue weighted by Crippen LogP contribution is 2.34. The second kappa shape index (κ2) is 5.69. The van der Waals surface area contributed by atoms with Gasteiger partial charge in [0.2, 0.25) is 11.0 Å². The fourth-order valence-electron chi connectivity index (χ4n) is 2.59. The van der Waals surface area contributed by atoms with Crippen LogP contribution in [0.15, 0.2) is 6.33 Å². The summed E-state index contributed by atoms with van der Waals surface area (Å²) in [6.07, 6.45) is 4.56. The summed E-state index contributed by atoms with van der Waals surface area (Å²) >= 11 is 5.77. The van der Waals surface area contributed by atoms with Crippen LogP contribution in [0.25, 0.3) is 0 Å². The van der Waals surface area contributed by atoms with Crippen molar-refractivity contribution in [3.63, 3.8) is 0 Å². The van der Waals surface area contributed by atoms with Crippen molar-refractivity contribution in [1.29, 1.82) is 0 Å². The van der Waals surface area contributed by atoms with Crippen LogP contribution in [-0.4, -0.2) is 20.9 Å². The van der Waals surface area contributed by atoms with Gasteiger partial charge >= 0.3 is 5.69 Å². The first-order chi connectivity index (χ1) is 9.00. The van der Waals surface area contributed by atoms with Crippen LogP contribution in [-0.2, 0) is 0 Å². The van der Waals surface area contributed by atoms with Gasteiger partial charge < -0.3 is 5.32 Å². The molecule has 0 aliphatic heterocycles. The Morgan fingerprint density at radius 2 is 2.16 bits per heavy atom. The molecule has 1 aliphatic carbocycles. The van der Waals surface area contributed by atoms with Gasteiger partial charge in [0.15, 0.2) is 0 Å². The molecule has 6 nitrogen and oxygen atoms in total. The maximum atomic E-state index is 11.0. The van der Waals surface area contributed by atoms with Gasteiger partial charge in [0.1, 0.15) is 6.33 Å². The normalized spacial score (nSPS) is 27.0. The van der Waals surface area contributed by atoms with E-state index in [0.717, 1.165) is 12.8 Å². The third kappa shape index (κ3) is 2.94. The number of aromatic nitrogens is 2. The maximum Gasteiger partial charge on any atom is 0.348 e. The SMILES string of the molecule is CC1CCCC(Nc2ncnc(Cl)c2[N+](=O)[O-])C1C. The molecule has 1 aliphatic rings. The summed E-state index contributed by atoms with van der Waals surface area (Å²) in [4.78, 5) is 18.1. The Morgan fingerprint density at radius 1 is 1.42 bits per heavy atom. The molecule has 0 amide bonds. The number of hydrogen-bond donors (Lipinski definition) is 1. The molecular weight excluding hydrogens is 268 g/mol. The van der Waals surface area contributed by atoms with Gasteiger partial charge in [0.25, 0.3) is 0 Å². The molecular formula is C12H17ClN4O2. The minimum atomic E-state index is -0.540. The molecule has 0 bridgehead atoms. The second-order valence-electron chi connectivity index (χ2n) is 5.14. The number of nitrogens with zero attached hydrogens (tertiary/aromatic N) is 3. The van der Waals surface area contributed by atoms with Crippen molar-refractivity contribution in [3.8, 4) is 0 Å². The van der Waals surface area contributed by atoms with Crippen molar-refractivity contribution in [2.75, 3.05) is 5.32 Å². The van der Waals surface area contributed by atoms with Crippen molar-refractivity contribution >= 4 is 23.1 Å². The Hall–Kier alpha value is -1.43. The van der Waals surface area contributed by atoms with Gasteiger partial charge in [-0.3, -0.25) is 10.1 Å². The highest BCUT2D eigenvalue weighted by Gasteiger charge is 2.30. The van der Waals surface area contributed by atoms with E-state index in [4.69, 9.17) is 11.6 Å². The van der Waals surface area contributed by atoms with Crippen LogP contribution in [0, 0.1) is 22.0 Å². The van der Waals surface area contributed by atoms with Crippen LogP contribution in [0.5, 0.6) is 0 Å². The third-order valence-electron chi connectivity index (χ3n) is 3.99. The first-order valence-corrected chi connectivity index (χ1v) is 6.80. The molecule has 0 radical (unpaired) electrons. The molecule has 1 saturated carbocycles. The van der Waals surface area contributed by atoms with E-state index in [9.17, 15) is 10.1 Å². The Labute approximate surface area is 116 Å². The number of hydrogen-bond acceptors (Lipinski definition) is 5. The fourth-order valence-corrected chi connectivity index (χ4v) is 2.79. The van der Waals surface area contributed by atoms with Gasteiger partial charge in [-0.25, -0.2) is 9.97 Å². The number of nitrogens with one attached hydrogen (secondary N) is 1. The number of nitro groups is 1. The van der Waals surface area contributed by atoms with Crippen LogP contribution in [0.3, 0.4) is 0 Å². The lowest BCUT2D eigenvalue weighted by Gasteiger charge is -2.34. The van der Waals surface area contributed by atoms with E-state index in [2.05, 4.69) is 29.1 Å². The van der Waals surface area contributed by atoms with Gasteiger partial charge in [-0.05, 0) is 18.3 Å². The standard InChI is InChI=1S/C12H17ClN4O2/c1-7-4-3-5-9(8(7)2)16-12-10(17(18)19)11(13)14-6-15-12/h6-9H,3-5H2,1-2H3,(H,14,15,16). The lowest BCUT2D eigenvalue weighted by atomic mass is 9.78. The van der Waals surface area contributed by atoms with Gasteiger partial charge in [-0.15, -0.1) is 0 Å². The molecule has 0 aromatic carbocycles. The predicted octanol–water partition coefficient (Wildman–Crippen LogP) is 3.27. The molecule has 1 heterocycles. The van der Waals surface area contributed by atoms with Crippen molar-refractivity contribution in [1.82, 2.24) is 9.97 Å². The van der Waals surface area contributed by atoms with Crippen LogP contribution in [0.2, 0.25) is 5.15 Å². The predicted molar refractivity (Wildman–Crippen MR) is 73.3 cm³/mol. The summed E-state index contributed by atoms with van der Waals surface area (Å²) in [7, 11) is 0. The number of rotatable bonds is 3. The Kier molecular flexibility index (Phi) is 4.19. The molecule has 7 heteroatoms. The third-order valence-corrected chi connectivity index (χ3v) is 4.27. The Balaban J connectivity index is 2.23. The van der Waals surface area contributed by atoms with Gasteiger partial charge in [-0.2, -0.15) is 0 Å². The van der Waals surface area contributed by atoms with E-state index in [1.165, 1.54) is 12.7 Å². The maximum absolute atomic E-state index is 11.0. The van der Waals surface area contributed by atoms with E-state index in [0.29, 0.717) is 11.8 Å². The zero-order chi connectivity index (χ0) is 14.0. The van der Waals surface area contributed by atoms with Crippen LogP contribution < -0.4 is 5.32 Å². The summed E-state index contributed by atoms with van der Waals surface area (Å²) in [6.45, 7) is 4.37. The minimum Gasteiger partial charge on any atom is -0.361 e. The lowest BCUT2D eigenvalue weighted by Crippen LogP contribution is -2.35. The molecule has 104 valence electrons. The highest BCUT2D eigenvalue weighted by atomic mass is 35.5. The van der Waals surface area contributed by atoms with E-state index in [-0.39, 0.29) is 22.7 Å². The van der Waals surface area contributed by atoms with E-state index in [1.54, 1.807) is 0 Å². The minimum absolute atomic E-state index is 0.126. The summed E-state index contributed by atoms with van der Waals surface area (Å²) < 4.78 is 0. The molecule has 1 N–H and O–H groups in total. The van der Waals surface area contributed by atoms with E-state index < -0.39 is 4.92 Å². The monoisotopic (exact) mass is 284 g/mol. The Morgan fingerprint density at radius 3 is 2.84 bits per heavy atom. The second-order valence-corrected chi connectivity index (χ2v) is 5.49.